The van der Waals surface area contributed by atoms with Crippen LogP contribution in [0, 0.1) is 0 Å². The van der Waals surface area contributed by atoms with Gasteiger partial charge in [0.15, 0.2) is 0 Å². The quantitative estimate of drug-likeness (QED) is 0.519. The molecule has 0 saturated carbocycles. The van der Waals surface area contributed by atoms with E-state index >= 15 is 0 Å². The van der Waals surface area contributed by atoms with E-state index in [4.69, 9.17) is 14.2 Å². The highest BCUT2D eigenvalue weighted by Crippen LogP contribution is 2.39. The minimum absolute atomic E-state index is 0. The molecule has 2 rings (SSSR count). The second-order valence-electron chi connectivity index (χ2n) is 4.36. The lowest BCUT2D eigenvalue weighted by Crippen LogP contribution is -2.43. The molecule has 1 heterocycles. The molecule has 1 aromatic carbocycles. The summed E-state index contributed by atoms with van der Waals surface area (Å²) in [6, 6.07) is 11.4. The number of methoxy groups -OCH3 is 3. The van der Waals surface area contributed by atoms with Gasteiger partial charge in [0.1, 0.15) is 6.10 Å². The number of thiophene rings is 1. The van der Waals surface area contributed by atoms with Crippen LogP contribution in [0.1, 0.15) is 4.88 Å². The predicted octanol–water partition coefficient (Wildman–Crippen LogP) is 2.60. The Kier molecular flexibility index (Phi) is 16.0. The second kappa shape index (κ2) is 13.0. The van der Waals surface area contributed by atoms with Crippen LogP contribution in [0.25, 0.3) is 10.1 Å². The van der Waals surface area contributed by atoms with Gasteiger partial charge in [-0.1, -0.05) is 18.2 Å². The number of ether oxygens (including phenoxy) is 3. The molecule has 3 nitrogen and oxygen atoms in total. The fourth-order valence-electron chi connectivity index (χ4n) is 2.45. The third-order valence-corrected chi connectivity index (χ3v) is 5.41. The minimum Gasteiger partial charge on any atom is -0.376 e. The Balaban J connectivity index is -0.000001000. The summed E-state index contributed by atoms with van der Waals surface area (Å²) in [5.41, 5.74) is 0. The van der Waals surface area contributed by atoms with Gasteiger partial charge in [-0.3, -0.25) is 0 Å². The van der Waals surface area contributed by atoms with Crippen molar-refractivity contribution in [1.29, 1.82) is 0 Å². The zero-order chi connectivity index (χ0) is 13.9. The van der Waals surface area contributed by atoms with Crippen LogP contribution in [0.2, 0.25) is 6.04 Å². The Bertz CT molecular complexity index is 511. The number of hydrogen-bond donors (Lipinski definition) is 0. The van der Waals surface area contributed by atoms with Crippen molar-refractivity contribution >= 4 is 85.6 Å². The molecule has 23 heavy (non-hydrogen) atoms. The van der Waals surface area contributed by atoms with E-state index in [2.05, 4.69) is 18.2 Å². The zero-order valence-electron chi connectivity index (χ0n) is 13.8. The van der Waals surface area contributed by atoms with E-state index in [0.717, 1.165) is 21.2 Å². The van der Waals surface area contributed by atoms with Gasteiger partial charge < -0.3 is 14.2 Å². The van der Waals surface area contributed by atoms with Gasteiger partial charge in [0.2, 0.25) is 5.79 Å². The first-order valence-corrected chi connectivity index (χ1v) is 8.57. The van der Waals surface area contributed by atoms with Gasteiger partial charge in [0.05, 0.1) is 4.88 Å². The Hall–Kier alpha value is 0.677. The summed E-state index contributed by atoms with van der Waals surface area (Å²) in [7, 11) is 6.10. The largest absolute Gasteiger partial charge is 0.376 e. The molecule has 9 heteroatoms. The van der Waals surface area contributed by atoms with Crippen LogP contribution >= 0.6 is 65.3 Å². The summed E-state index contributed by atoms with van der Waals surface area (Å²) < 4.78 is 18.3. The lowest BCUT2D eigenvalue weighted by molar-refractivity contribution is -0.267. The third-order valence-electron chi connectivity index (χ3n) is 3.45. The second-order valence-corrected chi connectivity index (χ2v) is 6.26. The van der Waals surface area contributed by atoms with E-state index in [1.807, 2.05) is 12.1 Å². The van der Waals surface area contributed by atoms with Gasteiger partial charge in [0, 0.05) is 36.3 Å². The number of benzene rings is 1. The molecule has 0 bridgehead atoms. The molecule has 1 aromatic heterocycles. The molecule has 0 saturated heterocycles. The highest BCUT2D eigenvalue weighted by molar-refractivity contribution is 7.59. The van der Waals surface area contributed by atoms with Crippen molar-refractivity contribution in [3.05, 3.63) is 35.2 Å². The van der Waals surface area contributed by atoms with Gasteiger partial charge >= 0.3 is 0 Å². The standard InChI is InChI=1S/C14H20O3SSi.4H2S/c1-15-12(9-19)14(16-2,17-3)13-8-10-6-4-5-7-11(10)18-13;;;;/h4-8,12H,9H2,1-3,19H3;4*1H2. The molecule has 1 unspecified atom stereocenters. The summed E-state index contributed by atoms with van der Waals surface area (Å²) in [6.07, 6.45) is -0.0813. The first-order chi connectivity index (χ1) is 9.21. The van der Waals surface area contributed by atoms with Crippen LogP contribution in [0.3, 0.4) is 0 Å². The van der Waals surface area contributed by atoms with Gasteiger partial charge in [0.25, 0.3) is 0 Å². The van der Waals surface area contributed by atoms with Gasteiger partial charge in [-0.05, 0) is 23.6 Å². The summed E-state index contributed by atoms with van der Waals surface area (Å²) in [4.78, 5) is 1.06. The third kappa shape index (κ3) is 5.58. The molecular weight excluding hydrogens is 405 g/mol. The molecular formula is C14H28O3S5Si. The Morgan fingerprint density at radius 2 is 1.61 bits per heavy atom. The Morgan fingerprint density at radius 3 is 2.04 bits per heavy atom. The van der Waals surface area contributed by atoms with Crippen LogP contribution in [0.15, 0.2) is 30.3 Å². The maximum Gasteiger partial charge on any atom is 0.230 e. The summed E-state index contributed by atoms with van der Waals surface area (Å²) in [5.74, 6) is -0.805. The fraction of sp³-hybridized carbons (Fsp3) is 0.429. The van der Waals surface area contributed by atoms with Crippen LogP contribution in [-0.2, 0) is 20.0 Å². The van der Waals surface area contributed by atoms with E-state index in [1.165, 1.54) is 10.1 Å². The average Bonchev–Trinajstić information content (AvgIpc) is 2.89. The Labute approximate surface area is 173 Å². The summed E-state index contributed by atoms with van der Waals surface area (Å²) >= 11 is 1.70. The molecule has 0 N–H and O–H groups in total. The molecule has 0 aliphatic carbocycles. The molecule has 2 aromatic rings. The lowest BCUT2D eigenvalue weighted by Gasteiger charge is -2.36. The van der Waals surface area contributed by atoms with E-state index in [0.29, 0.717) is 0 Å². The van der Waals surface area contributed by atoms with E-state index in [-0.39, 0.29) is 60.1 Å². The van der Waals surface area contributed by atoms with Crippen molar-refractivity contribution in [3.63, 3.8) is 0 Å². The SMILES string of the molecule is COC(C[SiH3])C(OC)(OC)c1cc2ccccc2s1.S.S.S.S. The molecule has 0 aliphatic heterocycles. The van der Waals surface area contributed by atoms with Gasteiger partial charge in [-0.25, -0.2) is 0 Å². The number of rotatable bonds is 6. The molecule has 0 aliphatic rings. The van der Waals surface area contributed by atoms with Crippen molar-refractivity contribution in [1.82, 2.24) is 0 Å². The number of hydrogen-bond acceptors (Lipinski definition) is 4. The van der Waals surface area contributed by atoms with E-state index < -0.39 is 5.79 Å². The van der Waals surface area contributed by atoms with Gasteiger partial charge in [-0.2, -0.15) is 54.0 Å². The van der Waals surface area contributed by atoms with Crippen molar-refractivity contribution in [2.45, 2.75) is 17.9 Å². The van der Waals surface area contributed by atoms with Gasteiger partial charge in [-0.15, -0.1) is 11.3 Å². The average molecular weight is 433 g/mol. The molecule has 136 valence electrons. The monoisotopic (exact) mass is 432 g/mol. The molecule has 0 spiro atoms. The van der Waals surface area contributed by atoms with Crippen LogP contribution in [-0.4, -0.2) is 37.7 Å². The number of fused-ring (bicyclic) bond motifs is 1. The van der Waals surface area contributed by atoms with E-state index in [1.54, 1.807) is 32.7 Å². The molecule has 1 atom stereocenters. The minimum atomic E-state index is -0.805. The first kappa shape index (κ1) is 28.5. The molecule has 0 fully saturated rings. The molecule has 0 amide bonds. The van der Waals surface area contributed by atoms with Crippen molar-refractivity contribution in [2.24, 2.45) is 0 Å². The Morgan fingerprint density at radius 1 is 1.04 bits per heavy atom. The maximum absolute atomic E-state index is 5.73. The topological polar surface area (TPSA) is 27.7 Å². The van der Waals surface area contributed by atoms with Crippen LogP contribution in [0.5, 0.6) is 0 Å². The highest BCUT2D eigenvalue weighted by Gasteiger charge is 2.42. The first-order valence-electron chi connectivity index (χ1n) is 6.34. The van der Waals surface area contributed by atoms with Crippen molar-refractivity contribution in [2.75, 3.05) is 21.3 Å². The zero-order valence-corrected chi connectivity index (χ0v) is 20.6. The predicted molar refractivity (Wildman–Crippen MR) is 125 cm³/mol. The maximum atomic E-state index is 5.73. The van der Waals surface area contributed by atoms with Crippen LogP contribution < -0.4 is 0 Å². The smallest absolute Gasteiger partial charge is 0.230 e. The lowest BCUT2D eigenvalue weighted by atomic mass is 10.1. The highest BCUT2D eigenvalue weighted by atomic mass is 32.1. The van der Waals surface area contributed by atoms with Crippen molar-refractivity contribution < 1.29 is 14.2 Å². The van der Waals surface area contributed by atoms with Crippen LogP contribution in [0.4, 0.5) is 0 Å². The van der Waals surface area contributed by atoms with Crippen molar-refractivity contribution in [3.8, 4) is 0 Å². The summed E-state index contributed by atoms with van der Waals surface area (Å²) in [6.45, 7) is 0. The fourth-order valence-corrected chi connectivity index (χ4v) is 4.58. The summed E-state index contributed by atoms with van der Waals surface area (Å²) in [5, 5.41) is 1.21. The molecule has 0 radical (unpaired) electrons. The normalized spacial score (nSPS) is 11.6. The van der Waals surface area contributed by atoms with E-state index in [9.17, 15) is 0 Å².